The second-order valence-corrected chi connectivity index (χ2v) is 6.22. The first kappa shape index (κ1) is 18.7. The first-order valence-electron chi connectivity index (χ1n) is 8.09. The number of rotatable bonds is 5. The first-order valence-corrected chi connectivity index (χ1v) is 8.47. The number of aromatic nitrogens is 1. The minimum atomic E-state index is -0.332. The largest absolute Gasteiger partial charge is 0.493 e. The summed E-state index contributed by atoms with van der Waals surface area (Å²) >= 11 is 6.00. The third kappa shape index (κ3) is 3.73. The van der Waals surface area contributed by atoms with E-state index in [0.29, 0.717) is 33.8 Å². The Kier molecular flexibility index (Phi) is 5.32. The zero-order valence-electron chi connectivity index (χ0n) is 15.4. The quantitative estimate of drug-likeness (QED) is 0.672. The molecule has 0 saturated carbocycles. The fraction of sp³-hybridized carbons (Fsp3) is 0.211. The molecule has 0 aliphatic rings. The summed E-state index contributed by atoms with van der Waals surface area (Å²) < 4.78 is 16.0. The van der Waals surface area contributed by atoms with Gasteiger partial charge in [0.2, 0.25) is 5.75 Å². The lowest BCUT2D eigenvalue weighted by molar-refractivity contribution is 0.258. The number of H-pyrrole nitrogens is 1. The molecule has 3 rings (SSSR count). The van der Waals surface area contributed by atoms with Crippen LogP contribution < -0.4 is 24.4 Å². The number of nitrogens with one attached hydrogen (secondary N) is 2. The molecule has 2 aromatic carbocycles. The molecule has 2 amide bonds. The van der Waals surface area contributed by atoms with E-state index in [2.05, 4.69) is 10.3 Å². The van der Waals surface area contributed by atoms with Crippen molar-refractivity contribution in [1.29, 1.82) is 0 Å². The Morgan fingerprint density at radius 3 is 2.30 bits per heavy atom. The number of carbonyl (C=O) groups excluding carboxylic acids is 1. The second kappa shape index (κ2) is 7.67. The molecule has 0 saturated heterocycles. The zero-order valence-corrected chi connectivity index (χ0v) is 16.2. The smallest absolute Gasteiger partial charge is 0.327 e. The number of hydrogen-bond donors (Lipinski definition) is 2. The second-order valence-electron chi connectivity index (χ2n) is 5.79. The normalized spacial score (nSPS) is 10.6. The fourth-order valence-corrected chi connectivity index (χ4v) is 2.93. The molecule has 2 N–H and O–H groups in total. The molecule has 0 aliphatic carbocycles. The number of fused-ring (bicyclic) bond motifs is 1. The van der Waals surface area contributed by atoms with Crippen LogP contribution in [0.25, 0.3) is 10.9 Å². The molecular weight excluding hydrogens is 370 g/mol. The van der Waals surface area contributed by atoms with E-state index in [1.54, 1.807) is 25.2 Å². The maximum atomic E-state index is 12.7. The molecule has 0 fully saturated rings. The zero-order chi connectivity index (χ0) is 19.6. The Morgan fingerprint density at radius 1 is 1.04 bits per heavy atom. The van der Waals surface area contributed by atoms with E-state index < -0.39 is 0 Å². The van der Waals surface area contributed by atoms with E-state index in [4.69, 9.17) is 25.8 Å². The summed E-state index contributed by atoms with van der Waals surface area (Å²) in [6.07, 6.45) is 0. The van der Waals surface area contributed by atoms with Crippen LogP contribution in [0, 0.1) is 0 Å². The number of methoxy groups -OCH3 is 3. The van der Waals surface area contributed by atoms with E-state index in [1.807, 2.05) is 18.2 Å². The summed E-state index contributed by atoms with van der Waals surface area (Å²) in [5.41, 5.74) is 1.46. The maximum Gasteiger partial charge on any atom is 0.327 e. The molecule has 3 aromatic rings. The standard InChI is InChI=1S/C19H20ClN3O4/c1-23(13-9-15(25-2)18(27-4)16(10-13)26-3)19(24)22-17-8-11-7-12(20)5-6-14(11)21-17/h5-10,21H,1-4H3,(H,22,24). The van der Waals surface area contributed by atoms with Gasteiger partial charge in [0.25, 0.3) is 0 Å². The lowest BCUT2D eigenvalue weighted by Crippen LogP contribution is -2.31. The molecule has 0 unspecified atom stereocenters. The van der Waals surface area contributed by atoms with Crippen molar-refractivity contribution in [3.63, 3.8) is 0 Å². The van der Waals surface area contributed by atoms with Crippen molar-refractivity contribution in [2.45, 2.75) is 0 Å². The summed E-state index contributed by atoms with van der Waals surface area (Å²) in [6, 6.07) is 10.4. The summed E-state index contributed by atoms with van der Waals surface area (Å²) in [7, 11) is 6.22. The highest BCUT2D eigenvalue weighted by molar-refractivity contribution is 6.31. The van der Waals surface area contributed by atoms with Gasteiger partial charge in [-0.25, -0.2) is 4.79 Å². The first-order chi connectivity index (χ1) is 13.0. The van der Waals surface area contributed by atoms with Crippen molar-refractivity contribution in [3.8, 4) is 17.2 Å². The molecule has 7 nitrogen and oxygen atoms in total. The van der Waals surface area contributed by atoms with E-state index in [1.165, 1.54) is 26.2 Å². The van der Waals surface area contributed by atoms with Crippen LogP contribution in [0.5, 0.6) is 17.2 Å². The Labute approximate surface area is 161 Å². The minimum Gasteiger partial charge on any atom is -0.493 e. The van der Waals surface area contributed by atoms with Gasteiger partial charge in [-0.2, -0.15) is 0 Å². The number of ether oxygens (including phenoxy) is 3. The Morgan fingerprint density at radius 2 is 1.70 bits per heavy atom. The molecule has 142 valence electrons. The van der Waals surface area contributed by atoms with Crippen molar-refractivity contribution < 1.29 is 19.0 Å². The van der Waals surface area contributed by atoms with Gasteiger partial charge in [0.15, 0.2) is 11.5 Å². The molecule has 1 aromatic heterocycles. The fourth-order valence-electron chi connectivity index (χ4n) is 2.75. The number of halogens is 1. The van der Waals surface area contributed by atoms with Crippen LogP contribution in [-0.4, -0.2) is 39.4 Å². The van der Waals surface area contributed by atoms with Crippen LogP contribution in [0.3, 0.4) is 0 Å². The van der Waals surface area contributed by atoms with Crippen LogP contribution in [0.4, 0.5) is 16.3 Å². The van der Waals surface area contributed by atoms with Gasteiger partial charge in [-0.1, -0.05) is 11.6 Å². The summed E-state index contributed by atoms with van der Waals surface area (Å²) in [6.45, 7) is 0. The SMILES string of the molecule is COc1cc(N(C)C(=O)Nc2cc3cc(Cl)ccc3[nH]2)cc(OC)c1OC. The molecule has 0 aliphatic heterocycles. The number of urea groups is 1. The highest BCUT2D eigenvalue weighted by Crippen LogP contribution is 2.40. The van der Waals surface area contributed by atoms with Crippen LogP contribution in [0.1, 0.15) is 0 Å². The summed E-state index contributed by atoms with van der Waals surface area (Å²) in [4.78, 5) is 17.3. The molecule has 0 radical (unpaired) electrons. The van der Waals surface area contributed by atoms with Gasteiger partial charge >= 0.3 is 6.03 Å². The van der Waals surface area contributed by atoms with Crippen molar-refractivity contribution in [2.24, 2.45) is 0 Å². The number of anilines is 2. The Bertz CT molecular complexity index is 961. The van der Waals surface area contributed by atoms with Crippen molar-refractivity contribution >= 4 is 40.0 Å². The van der Waals surface area contributed by atoms with E-state index in [-0.39, 0.29) is 6.03 Å². The predicted octanol–water partition coefficient (Wildman–Crippen LogP) is 4.52. The van der Waals surface area contributed by atoms with Crippen LogP contribution in [0.2, 0.25) is 5.02 Å². The number of nitrogens with zero attached hydrogens (tertiary/aromatic N) is 1. The van der Waals surface area contributed by atoms with Crippen molar-refractivity contribution in [2.75, 3.05) is 38.6 Å². The number of aromatic amines is 1. The van der Waals surface area contributed by atoms with Crippen molar-refractivity contribution in [1.82, 2.24) is 4.98 Å². The lowest BCUT2D eigenvalue weighted by atomic mass is 10.2. The molecular formula is C19H20ClN3O4. The number of hydrogen-bond acceptors (Lipinski definition) is 4. The van der Waals surface area contributed by atoms with Gasteiger partial charge in [-0.3, -0.25) is 10.2 Å². The average molecular weight is 390 g/mol. The number of carbonyl (C=O) groups is 1. The Hall–Kier alpha value is -3.06. The van der Waals surface area contributed by atoms with Crippen LogP contribution >= 0.6 is 11.6 Å². The summed E-state index contributed by atoms with van der Waals surface area (Å²) in [5, 5.41) is 4.37. The molecule has 0 bridgehead atoms. The highest BCUT2D eigenvalue weighted by Gasteiger charge is 2.19. The van der Waals surface area contributed by atoms with Crippen LogP contribution in [0.15, 0.2) is 36.4 Å². The monoisotopic (exact) mass is 389 g/mol. The van der Waals surface area contributed by atoms with Gasteiger partial charge in [-0.15, -0.1) is 0 Å². The molecule has 27 heavy (non-hydrogen) atoms. The molecule has 1 heterocycles. The van der Waals surface area contributed by atoms with E-state index >= 15 is 0 Å². The third-order valence-electron chi connectivity index (χ3n) is 4.17. The van der Waals surface area contributed by atoms with Gasteiger partial charge in [-0.05, 0) is 24.3 Å². The Balaban J connectivity index is 1.85. The van der Waals surface area contributed by atoms with Crippen LogP contribution in [-0.2, 0) is 0 Å². The lowest BCUT2D eigenvalue weighted by Gasteiger charge is -2.20. The molecule has 0 atom stereocenters. The van der Waals surface area contributed by atoms with E-state index in [0.717, 1.165) is 10.9 Å². The molecule has 8 heteroatoms. The third-order valence-corrected chi connectivity index (χ3v) is 4.40. The summed E-state index contributed by atoms with van der Waals surface area (Å²) in [5.74, 6) is 1.96. The number of amides is 2. The van der Waals surface area contributed by atoms with Gasteiger partial charge in [0.05, 0.1) is 27.0 Å². The number of benzene rings is 2. The van der Waals surface area contributed by atoms with Gasteiger partial charge in [0, 0.05) is 35.1 Å². The molecule has 0 spiro atoms. The maximum absolute atomic E-state index is 12.7. The predicted molar refractivity (Wildman–Crippen MR) is 107 cm³/mol. The average Bonchev–Trinajstić information content (AvgIpc) is 3.07. The minimum absolute atomic E-state index is 0.332. The van der Waals surface area contributed by atoms with Gasteiger partial charge < -0.3 is 19.2 Å². The topological polar surface area (TPSA) is 75.8 Å². The highest BCUT2D eigenvalue weighted by atomic mass is 35.5. The van der Waals surface area contributed by atoms with E-state index in [9.17, 15) is 4.79 Å². The van der Waals surface area contributed by atoms with Gasteiger partial charge in [0.1, 0.15) is 5.82 Å². The van der Waals surface area contributed by atoms with Crippen molar-refractivity contribution in [3.05, 3.63) is 41.4 Å².